The van der Waals surface area contributed by atoms with Gasteiger partial charge >= 0.3 is 0 Å². The number of likely N-dealkylation sites (N-methyl/N-ethyl adjacent to an activating group) is 1. The Morgan fingerprint density at radius 2 is 1.90 bits per heavy atom. The summed E-state index contributed by atoms with van der Waals surface area (Å²) in [5, 5.41) is 8.00. The zero-order valence-corrected chi connectivity index (χ0v) is 14.2. The second-order valence-corrected chi connectivity index (χ2v) is 6.64. The summed E-state index contributed by atoms with van der Waals surface area (Å²) in [6, 6.07) is 9.02. The van der Waals surface area contributed by atoms with E-state index in [1.165, 1.54) is 16.0 Å². The topological polar surface area (TPSA) is 37.0 Å². The van der Waals surface area contributed by atoms with Crippen molar-refractivity contribution in [2.75, 3.05) is 13.6 Å². The van der Waals surface area contributed by atoms with Crippen molar-refractivity contribution in [2.45, 2.75) is 39.8 Å². The highest BCUT2D eigenvalue weighted by Gasteiger charge is 2.13. The molecular weight excluding hydrogens is 278 g/mol. The zero-order valence-electron chi connectivity index (χ0n) is 13.4. The van der Waals surface area contributed by atoms with Crippen molar-refractivity contribution in [1.29, 1.82) is 0 Å². The van der Waals surface area contributed by atoms with Gasteiger partial charge in [0.2, 0.25) is 0 Å². The number of hydrogen-bond acceptors (Lipinski definition) is 4. The summed E-state index contributed by atoms with van der Waals surface area (Å²) < 4.78 is 0. The molecule has 0 radical (unpaired) electrons. The number of rotatable bonds is 7. The van der Waals surface area contributed by atoms with Gasteiger partial charge in [-0.05, 0) is 51.9 Å². The minimum absolute atomic E-state index is 0.341. The molecule has 0 aliphatic rings. The molecule has 0 saturated heterocycles. The van der Waals surface area contributed by atoms with Crippen LogP contribution in [0.1, 0.15) is 39.7 Å². The SMILES string of the molecule is CNCCc1ccccc1CNC(C)c1sc(C)nc1C. The molecule has 2 rings (SSSR count). The zero-order chi connectivity index (χ0) is 15.2. The molecule has 0 aliphatic carbocycles. The third kappa shape index (κ3) is 4.37. The Hall–Kier alpha value is -1.23. The lowest BCUT2D eigenvalue weighted by Gasteiger charge is -2.15. The van der Waals surface area contributed by atoms with E-state index >= 15 is 0 Å². The van der Waals surface area contributed by atoms with E-state index in [4.69, 9.17) is 0 Å². The van der Waals surface area contributed by atoms with Crippen molar-refractivity contribution in [3.63, 3.8) is 0 Å². The van der Waals surface area contributed by atoms with Crippen molar-refractivity contribution in [3.05, 3.63) is 51.0 Å². The van der Waals surface area contributed by atoms with Gasteiger partial charge in [0, 0.05) is 17.5 Å². The molecule has 0 bridgehead atoms. The van der Waals surface area contributed by atoms with Crippen LogP contribution in [-0.2, 0) is 13.0 Å². The number of aryl methyl sites for hydroxylation is 2. The van der Waals surface area contributed by atoms with Gasteiger partial charge in [0.05, 0.1) is 10.7 Å². The minimum Gasteiger partial charge on any atom is -0.319 e. The lowest BCUT2D eigenvalue weighted by atomic mass is 10.0. The first-order valence-electron chi connectivity index (χ1n) is 7.50. The number of nitrogens with zero attached hydrogens (tertiary/aromatic N) is 1. The molecule has 0 aliphatic heterocycles. The van der Waals surface area contributed by atoms with Gasteiger partial charge in [-0.2, -0.15) is 0 Å². The van der Waals surface area contributed by atoms with Gasteiger partial charge in [-0.1, -0.05) is 24.3 Å². The molecule has 0 amide bonds. The molecule has 4 heteroatoms. The second kappa shape index (κ2) is 7.69. The molecule has 0 spiro atoms. The highest BCUT2D eigenvalue weighted by atomic mass is 32.1. The normalized spacial score (nSPS) is 12.6. The first-order chi connectivity index (χ1) is 10.1. The standard InChI is InChI=1S/C17H25N3S/c1-12(17-13(2)20-14(3)21-17)19-11-16-8-6-5-7-15(16)9-10-18-4/h5-8,12,18-19H,9-11H2,1-4H3. The van der Waals surface area contributed by atoms with Crippen LogP contribution in [0.2, 0.25) is 0 Å². The molecule has 0 fully saturated rings. The summed E-state index contributed by atoms with van der Waals surface area (Å²) in [6.45, 7) is 8.30. The van der Waals surface area contributed by atoms with E-state index in [2.05, 4.69) is 60.7 Å². The van der Waals surface area contributed by atoms with Crippen LogP contribution >= 0.6 is 11.3 Å². The lowest BCUT2D eigenvalue weighted by Crippen LogP contribution is -2.19. The fourth-order valence-corrected chi connectivity index (χ4v) is 3.49. The molecular formula is C17H25N3S. The predicted molar refractivity (Wildman–Crippen MR) is 90.9 cm³/mol. The second-order valence-electron chi connectivity index (χ2n) is 5.41. The Balaban J connectivity index is 2.01. The number of thiazole rings is 1. The van der Waals surface area contributed by atoms with Crippen molar-refractivity contribution >= 4 is 11.3 Å². The maximum Gasteiger partial charge on any atom is 0.0900 e. The number of nitrogens with one attached hydrogen (secondary N) is 2. The van der Waals surface area contributed by atoms with E-state index in [9.17, 15) is 0 Å². The van der Waals surface area contributed by atoms with Crippen molar-refractivity contribution in [2.24, 2.45) is 0 Å². The molecule has 1 unspecified atom stereocenters. The molecule has 1 aromatic heterocycles. The average Bonchev–Trinajstić information content (AvgIpc) is 2.82. The van der Waals surface area contributed by atoms with Gasteiger partial charge < -0.3 is 10.6 Å². The van der Waals surface area contributed by atoms with E-state index in [-0.39, 0.29) is 0 Å². The lowest BCUT2D eigenvalue weighted by molar-refractivity contribution is 0.576. The van der Waals surface area contributed by atoms with Gasteiger partial charge in [0.1, 0.15) is 0 Å². The Kier molecular flexibility index (Phi) is 5.91. The Labute approximate surface area is 131 Å². The monoisotopic (exact) mass is 303 g/mol. The van der Waals surface area contributed by atoms with Gasteiger partial charge in [0.25, 0.3) is 0 Å². The van der Waals surface area contributed by atoms with E-state index < -0.39 is 0 Å². The van der Waals surface area contributed by atoms with E-state index in [1.807, 2.05) is 7.05 Å². The minimum atomic E-state index is 0.341. The van der Waals surface area contributed by atoms with Gasteiger partial charge in [-0.25, -0.2) is 4.98 Å². The van der Waals surface area contributed by atoms with Crippen LogP contribution in [0.5, 0.6) is 0 Å². The molecule has 1 atom stereocenters. The summed E-state index contributed by atoms with van der Waals surface area (Å²) in [5.41, 5.74) is 3.96. The predicted octanol–water partition coefficient (Wildman–Crippen LogP) is 3.37. The fourth-order valence-electron chi connectivity index (χ4n) is 2.54. The summed E-state index contributed by atoms with van der Waals surface area (Å²) in [5.74, 6) is 0. The van der Waals surface area contributed by atoms with Gasteiger partial charge in [0.15, 0.2) is 0 Å². The summed E-state index contributed by atoms with van der Waals surface area (Å²) >= 11 is 1.79. The first-order valence-corrected chi connectivity index (χ1v) is 8.32. The number of benzene rings is 1. The highest BCUT2D eigenvalue weighted by Crippen LogP contribution is 2.24. The molecule has 3 nitrogen and oxygen atoms in total. The molecule has 2 aromatic rings. The Morgan fingerprint density at radius 1 is 1.19 bits per heavy atom. The van der Waals surface area contributed by atoms with Crippen LogP contribution in [-0.4, -0.2) is 18.6 Å². The molecule has 21 heavy (non-hydrogen) atoms. The van der Waals surface area contributed by atoms with Gasteiger partial charge in [-0.3, -0.25) is 0 Å². The van der Waals surface area contributed by atoms with Crippen LogP contribution in [0.25, 0.3) is 0 Å². The first kappa shape index (κ1) is 16.1. The summed E-state index contributed by atoms with van der Waals surface area (Å²) in [6.07, 6.45) is 1.07. The molecule has 2 N–H and O–H groups in total. The van der Waals surface area contributed by atoms with Crippen LogP contribution < -0.4 is 10.6 Å². The molecule has 0 saturated carbocycles. The smallest absolute Gasteiger partial charge is 0.0900 e. The maximum absolute atomic E-state index is 4.52. The van der Waals surface area contributed by atoms with Crippen molar-refractivity contribution in [3.8, 4) is 0 Å². The molecule has 1 aromatic carbocycles. The van der Waals surface area contributed by atoms with Crippen molar-refractivity contribution in [1.82, 2.24) is 15.6 Å². The number of hydrogen-bond donors (Lipinski definition) is 2. The molecule has 114 valence electrons. The third-order valence-electron chi connectivity index (χ3n) is 3.69. The number of aromatic nitrogens is 1. The third-order valence-corrected chi connectivity index (χ3v) is 4.95. The largest absolute Gasteiger partial charge is 0.319 e. The van der Waals surface area contributed by atoms with Crippen LogP contribution in [0, 0.1) is 13.8 Å². The summed E-state index contributed by atoms with van der Waals surface area (Å²) in [4.78, 5) is 5.86. The van der Waals surface area contributed by atoms with E-state index in [0.717, 1.165) is 30.2 Å². The van der Waals surface area contributed by atoms with Crippen LogP contribution in [0.4, 0.5) is 0 Å². The van der Waals surface area contributed by atoms with Crippen LogP contribution in [0.3, 0.4) is 0 Å². The van der Waals surface area contributed by atoms with Crippen molar-refractivity contribution < 1.29 is 0 Å². The van der Waals surface area contributed by atoms with Crippen LogP contribution in [0.15, 0.2) is 24.3 Å². The molecule has 1 heterocycles. The quantitative estimate of drug-likeness (QED) is 0.823. The Bertz CT molecular complexity index is 577. The van der Waals surface area contributed by atoms with E-state index in [0.29, 0.717) is 6.04 Å². The maximum atomic E-state index is 4.52. The Morgan fingerprint density at radius 3 is 2.52 bits per heavy atom. The highest BCUT2D eigenvalue weighted by molar-refractivity contribution is 7.11. The summed E-state index contributed by atoms with van der Waals surface area (Å²) in [7, 11) is 2.00. The fraction of sp³-hybridized carbons (Fsp3) is 0.471. The van der Waals surface area contributed by atoms with Gasteiger partial charge in [-0.15, -0.1) is 11.3 Å². The average molecular weight is 303 g/mol. The van der Waals surface area contributed by atoms with E-state index in [1.54, 1.807) is 11.3 Å².